The van der Waals surface area contributed by atoms with Crippen LogP contribution < -0.4 is 10.9 Å². The summed E-state index contributed by atoms with van der Waals surface area (Å²) in [6.07, 6.45) is 0. The van der Waals surface area contributed by atoms with Crippen LogP contribution in [0.4, 0.5) is 5.69 Å². The number of carbonyl (C=O) groups is 2. The van der Waals surface area contributed by atoms with E-state index in [1.54, 1.807) is 54.6 Å². The molecule has 0 aliphatic heterocycles. The summed E-state index contributed by atoms with van der Waals surface area (Å²) >= 11 is 0. The van der Waals surface area contributed by atoms with Crippen molar-refractivity contribution in [2.75, 3.05) is 5.32 Å². The van der Waals surface area contributed by atoms with Crippen LogP contribution in [-0.2, 0) is 0 Å². The molecule has 1 amide bonds. The second-order valence-electron chi connectivity index (χ2n) is 6.41. The molecule has 29 heavy (non-hydrogen) atoms. The molecular weight excluding hydrogens is 370 g/mol. The van der Waals surface area contributed by atoms with Crippen LogP contribution in [0.2, 0.25) is 0 Å². The minimum Gasteiger partial charge on any atom is -0.478 e. The summed E-state index contributed by atoms with van der Waals surface area (Å²) in [6, 6.07) is 21.5. The van der Waals surface area contributed by atoms with Gasteiger partial charge in [-0.1, -0.05) is 36.4 Å². The summed E-state index contributed by atoms with van der Waals surface area (Å²) in [5.41, 5.74) is 1.68. The zero-order valence-corrected chi connectivity index (χ0v) is 15.1. The van der Waals surface area contributed by atoms with Crippen LogP contribution in [0.15, 0.2) is 88.1 Å². The molecule has 0 saturated carbocycles. The molecule has 0 fully saturated rings. The lowest BCUT2D eigenvalue weighted by atomic mass is 10.0. The second kappa shape index (κ2) is 7.44. The van der Waals surface area contributed by atoms with E-state index in [0.717, 1.165) is 5.39 Å². The summed E-state index contributed by atoms with van der Waals surface area (Å²) in [5, 5.41) is 12.5. The molecule has 0 bridgehead atoms. The Balaban J connectivity index is 1.66. The van der Waals surface area contributed by atoms with Crippen molar-refractivity contribution in [2.45, 2.75) is 0 Å². The first-order chi connectivity index (χ1) is 14.0. The molecule has 4 aromatic rings. The standard InChI is InChI=1S/C23H15NO5/c25-21(24-18-9-4-8-17(12-18)22(26)27)16-7-3-6-14(11-16)19-13-15-5-1-2-10-20(15)29-23(19)28/h1-13H,(H,24,25)(H,26,27). The van der Waals surface area contributed by atoms with Gasteiger partial charge in [0.25, 0.3) is 5.91 Å². The number of hydrogen-bond donors (Lipinski definition) is 2. The molecule has 6 nitrogen and oxygen atoms in total. The Morgan fingerprint density at radius 1 is 0.828 bits per heavy atom. The van der Waals surface area contributed by atoms with Gasteiger partial charge in [-0.25, -0.2) is 9.59 Å². The molecular formula is C23H15NO5. The van der Waals surface area contributed by atoms with Gasteiger partial charge in [-0.05, 0) is 48.0 Å². The van der Waals surface area contributed by atoms with E-state index < -0.39 is 17.5 Å². The van der Waals surface area contributed by atoms with Crippen LogP contribution in [0.1, 0.15) is 20.7 Å². The van der Waals surface area contributed by atoms with E-state index >= 15 is 0 Å². The lowest BCUT2D eigenvalue weighted by Crippen LogP contribution is -2.13. The lowest BCUT2D eigenvalue weighted by molar-refractivity contribution is 0.0696. The molecule has 6 heteroatoms. The first kappa shape index (κ1) is 18.2. The Hall–Kier alpha value is -4.19. The van der Waals surface area contributed by atoms with Gasteiger partial charge < -0.3 is 14.8 Å². The maximum atomic E-state index is 12.6. The normalized spacial score (nSPS) is 10.6. The monoisotopic (exact) mass is 385 g/mol. The van der Waals surface area contributed by atoms with Gasteiger partial charge in [0.15, 0.2) is 0 Å². The number of anilines is 1. The number of rotatable bonds is 4. The summed E-state index contributed by atoms with van der Waals surface area (Å²) in [6.45, 7) is 0. The van der Waals surface area contributed by atoms with Crippen molar-refractivity contribution in [1.82, 2.24) is 0 Å². The van der Waals surface area contributed by atoms with Crippen molar-refractivity contribution in [3.8, 4) is 11.1 Å². The maximum absolute atomic E-state index is 12.6. The number of benzene rings is 3. The molecule has 142 valence electrons. The summed E-state index contributed by atoms with van der Waals surface area (Å²) in [5.74, 6) is -1.49. The van der Waals surface area contributed by atoms with Crippen molar-refractivity contribution in [3.63, 3.8) is 0 Å². The van der Waals surface area contributed by atoms with Crippen molar-refractivity contribution < 1.29 is 19.1 Å². The largest absolute Gasteiger partial charge is 0.478 e. The summed E-state index contributed by atoms with van der Waals surface area (Å²) in [4.78, 5) is 36.1. The average Bonchev–Trinajstić information content (AvgIpc) is 2.73. The van der Waals surface area contributed by atoms with Crippen LogP contribution >= 0.6 is 0 Å². The molecule has 2 N–H and O–H groups in total. The van der Waals surface area contributed by atoms with Crippen LogP contribution in [0.3, 0.4) is 0 Å². The molecule has 1 aromatic heterocycles. The number of aromatic carboxylic acids is 1. The smallest absolute Gasteiger partial charge is 0.344 e. The minimum absolute atomic E-state index is 0.0744. The molecule has 0 atom stereocenters. The number of fused-ring (bicyclic) bond motifs is 1. The Morgan fingerprint density at radius 3 is 2.41 bits per heavy atom. The molecule has 0 spiro atoms. The van der Waals surface area contributed by atoms with Gasteiger partial charge in [0.1, 0.15) is 5.58 Å². The predicted octanol–water partition coefficient (Wildman–Crippen LogP) is 4.41. The van der Waals surface area contributed by atoms with Gasteiger partial charge in [0, 0.05) is 16.6 Å². The highest BCUT2D eigenvalue weighted by Gasteiger charge is 2.12. The number of carboxylic acids is 1. The third kappa shape index (κ3) is 3.77. The lowest BCUT2D eigenvalue weighted by Gasteiger charge is -2.08. The van der Waals surface area contributed by atoms with Crippen molar-refractivity contribution in [1.29, 1.82) is 0 Å². The molecule has 0 unspecified atom stereocenters. The molecule has 3 aromatic carbocycles. The number of carbonyl (C=O) groups excluding carboxylic acids is 1. The number of carboxylic acid groups (broad SMARTS) is 1. The number of nitrogens with one attached hydrogen (secondary N) is 1. The van der Waals surface area contributed by atoms with E-state index in [4.69, 9.17) is 9.52 Å². The average molecular weight is 385 g/mol. The molecule has 0 aliphatic carbocycles. The Labute approximate surface area is 165 Å². The van der Waals surface area contributed by atoms with Gasteiger partial charge in [0.05, 0.1) is 11.1 Å². The zero-order chi connectivity index (χ0) is 20.4. The topological polar surface area (TPSA) is 96.6 Å². The molecule has 0 aliphatic rings. The predicted molar refractivity (Wildman–Crippen MR) is 109 cm³/mol. The molecule has 1 heterocycles. The van der Waals surface area contributed by atoms with Crippen molar-refractivity contribution in [2.24, 2.45) is 0 Å². The van der Waals surface area contributed by atoms with E-state index in [1.807, 2.05) is 12.1 Å². The SMILES string of the molecule is O=C(O)c1cccc(NC(=O)c2cccc(-c3cc4ccccc4oc3=O)c2)c1. The van der Waals surface area contributed by atoms with E-state index in [9.17, 15) is 14.4 Å². The highest BCUT2D eigenvalue weighted by molar-refractivity contribution is 6.05. The van der Waals surface area contributed by atoms with Crippen LogP contribution in [0.25, 0.3) is 22.1 Å². The summed E-state index contributed by atoms with van der Waals surface area (Å²) in [7, 11) is 0. The minimum atomic E-state index is -1.08. The molecule has 0 saturated heterocycles. The van der Waals surface area contributed by atoms with Crippen molar-refractivity contribution in [3.05, 3.63) is 100 Å². The van der Waals surface area contributed by atoms with Crippen LogP contribution in [0, 0.1) is 0 Å². The van der Waals surface area contributed by atoms with Gasteiger partial charge in [-0.15, -0.1) is 0 Å². The summed E-state index contributed by atoms with van der Waals surface area (Å²) < 4.78 is 5.37. The van der Waals surface area contributed by atoms with Crippen molar-refractivity contribution >= 4 is 28.5 Å². The van der Waals surface area contributed by atoms with Gasteiger partial charge in [-0.3, -0.25) is 4.79 Å². The maximum Gasteiger partial charge on any atom is 0.344 e. The van der Waals surface area contributed by atoms with Crippen LogP contribution in [0.5, 0.6) is 0 Å². The fourth-order valence-electron chi connectivity index (χ4n) is 3.02. The highest BCUT2D eigenvalue weighted by atomic mass is 16.4. The zero-order valence-electron chi connectivity index (χ0n) is 15.1. The highest BCUT2D eigenvalue weighted by Crippen LogP contribution is 2.22. The fraction of sp³-hybridized carbons (Fsp3) is 0. The van der Waals surface area contributed by atoms with E-state index in [1.165, 1.54) is 12.1 Å². The van der Waals surface area contributed by atoms with Crippen LogP contribution in [-0.4, -0.2) is 17.0 Å². The van der Waals surface area contributed by atoms with Gasteiger partial charge >= 0.3 is 11.6 Å². The second-order valence-corrected chi connectivity index (χ2v) is 6.41. The number of amides is 1. The number of hydrogen-bond acceptors (Lipinski definition) is 4. The van der Waals surface area contributed by atoms with Gasteiger partial charge in [-0.2, -0.15) is 0 Å². The third-order valence-corrected chi connectivity index (χ3v) is 4.44. The van der Waals surface area contributed by atoms with Gasteiger partial charge in [0.2, 0.25) is 0 Å². The molecule has 0 radical (unpaired) electrons. The first-order valence-corrected chi connectivity index (χ1v) is 8.79. The third-order valence-electron chi connectivity index (χ3n) is 4.44. The van der Waals surface area contributed by atoms with E-state index in [0.29, 0.717) is 28.0 Å². The van der Waals surface area contributed by atoms with E-state index in [-0.39, 0.29) is 5.56 Å². The fourth-order valence-corrected chi connectivity index (χ4v) is 3.02. The molecule has 4 rings (SSSR count). The first-order valence-electron chi connectivity index (χ1n) is 8.79. The number of para-hydroxylation sites is 1. The Bertz CT molecular complexity index is 1310. The van der Waals surface area contributed by atoms with E-state index in [2.05, 4.69) is 5.32 Å². The Morgan fingerprint density at radius 2 is 1.59 bits per heavy atom. The Kier molecular flexibility index (Phi) is 4.66. The quantitative estimate of drug-likeness (QED) is 0.507.